The van der Waals surface area contributed by atoms with E-state index in [2.05, 4.69) is 14.9 Å². The Hall–Kier alpha value is -3.00. The number of ether oxygens (including phenoxy) is 1. The van der Waals surface area contributed by atoms with E-state index in [1.165, 1.54) is 0 Å². The molecule has 4 heterocycles. The zero-order valence-electron chi connectivity index (χ0n) is 17.0. The van der Waals surface area contributed by atoms with Gasteiger partial charge in [0.05, 0.1) is 37.4 Å². The molecule has 2 fully saturated rings. The van der Waals surface area contributed by atoms with Crippen molar-refractivity contribution in [3.05, 3.63) is 54.6 Å². The Morgan fingerprint density at radius 3 is 2.60 bits per heavy atom. The van der Waals surface area contributed by atoms with Crippen molar-refractivity contribution in [1.82, 2.24) is 19.8 Å². The molecule has 2 aromatic rings. The minimum Gasteiger partial charge on any atom is -0.379 e. The highest BCUT2D eigenvalue weighted by Gasteiger charge is 2.32. The lowest BCUT2D eigenvalue weighted by molar-refractivity contribution is -0.138. The van der Waals surface area contributed by atoms with Gasteiger partial charge in [-0.25, -0.2) is 0 Å². The molecule has 0 radical (unpaired) electrons. The number of rotatable bonds is 4. The van der Waals surface area contributed by atoms with Crippen molar-refractivity contribution < 1.29 is 14.3 Å². The molecule has 0 aromatic carbocycles. The molecule has 2 aliphatic heterocycles. The standard InChI is InChI=1S/C22H27N5O3/c28-21(14-19-4-1-2-7-24-19)27-12-13-30-17-18(16-27)22(29)26-10-8-25(9-11-26)20-5-3-6-23-15-20/h1-7,15,18H,8-14,16-17H2. The van der Waals surface area contributed by atoms with Gasteiger partial charge in [0.1, 0.15) is 0 Å². The molecule has 0 N–H and O–H groups in total. The van der Waals surface area contributed by atoms with E-state index in [9.17, 15) is 9.59 Å². The smallest absolute Gasteiger partial charge is 0.229 e. The van der Waals surface area contributed by atoms with Gasteiger partial charge < -0.3 is 19.4 Å². The molecule has 8 nitrogen and oxygen atoms in total. The van der Waals surface area contributed by atoms with Gasteiger partial charge in [0.15, 0.2) is 0 Å². The van der Waals surface area contributed by atoms with Crippen LogP contribution in [0, 0.1) is 5.92 Å². The first-order valence-corrected chi connectivity index (χ1v) is 10.4. The first-order valence-electron chi connectivity index (χ1n) is 10.4. The molecule has 158 valence electrons. The average molecular weight is 409 g/mol. The fourth-order valence-corrected chi connectivity index (χ4v) is 3.94. The zero-order valence-corrected chi connectivity index (χ0v) is 17.0. The van der Waals surface area contributed by atoms with Crippen LogP contribution < -0.4 is 4.90 Å². The zero-order chi connectivity index (χ0) is 20.8. The monoisotopic (exact) mass is 409 g/mol. The predicted molar refractivity (Wildman–Crippen MR) is 112 cm³/mol. The second-order valence-electron chi connectivity index (χ2n) is 7.63. The summed E-state index contributed by atoms with van der Waals surface area (Å²) in [5.41, 5.74) is 1.82. The summed E-state index contributed by atoms with van der Waals surface area (Å²) in [4.78, 5) is 40.2. The molecule has 0 spiro atoms. The molecule has 1 unspecified atom stereocenters. The first-order chi connectivity index (χ1) is 14.7. The highest BCUT2D eigenvalue weighted by Crippen LogP contribution is 2.17. The van der Waals surface area contributed by atoms with E-state index in [-0.39, 0.29) is 24.2 Å². The molecule has 4 rings (SSSR count). The van der Waals surface area contributed by atoms with Crippen LogP contribution in [0.1, 0.15) is 5.69 Å². The number of hydrogen-bond donors (Lipinski definition) is 0. The quantitative estimate of drug-likeness (QED) is 0.745. The van der Waals surface area contributed by atoms with Crippen LogP contribution in [0.4, 0.5) is 5.69 Å². The van der Waals surface area contributed by atoms with Crippen LogP contribution in [0.5, 0.6) is 0 Å². The van der Waals surface area contributed by atoms with Gasteiger partial charge in [0.25, 0.3) is 0 Å². The SMILES string of the molecule is O=C(Cc1ccccn1)N1CCOCC(C(=O)N2CCN(c3cccnc3)CC2)C1. The van der Waals surface area contributed by atoms with E-state index in [4.69, 9.17) is 4.74 Å². The molecule has 1 atom stereocenters. The number of anilines is 1. The molecule has 2 aliphatic rings. The summed E-state index contributed by atoms with van der Waals surface area (Å²) in [5, 5.41) is 0. The Bertz CT molecular complexity index is 840. The lowest BCUT2D eigenvalue weighted by Crippen LogP contribution is -2.52. The highest BCUT2D eigenvalue weighted by molar-refractivity contribution is 5.82. The van der Waals surface area contributed by atoms with Crippen molar-refractivity contribution in [1.29, 1.82) is 0 Å². The Morgan fingerprint density at radius 1 is 1.00 bits per heavy atom. The Balaban J connectivity index is 1.33. The van der Waals surface area contributed by atoms with Gasteiger partial charge in [0.2, 0.25) is 11.8 Å². The van der Waals surface area contributed by atoms with E-state index >= 15 is 0 Å². The number of amides is 2. The number of piperazine rings is 1. The van der Waals surface area contributed by atoms with Crippen molar-refractivity contribution in [2.75, 3.05) is 57.4 Å². The molecule has 30 heavy (non-hydrogen) atoms. The minimum atomic E-state index is -0.329. The first kappa shape index (κ1) is 20.3. The highest BCUT2D eigenvalue weighted by atomic mass is 16.5. The lowest BCUT2D eigenvalue weighted by Gasteiger charge is -2.37. The van der Waals surface area contributed by atoms with Gasteiger partial charge in [-0.3, -0.25) is 19.6 Å². The Morgan fingerprint density at radius 2 is 1.87 bits per heavy atom. The summed E-state index contributed by atoms with van der Waals surface area (Å²) in [6.45, 7) is 4.57. The van der Waals surface area contributed by atoms with Crippen LogP contribution in [-0.4, -0.2) is 84.1 Å². The number of carbonyl (C=O) groups is 2. The van der Waals surface area contributed by atoms with Crippen LogP contribution >= 0.6 is 0 Å². The van der Waals surface area contributed by atoms with Crippen molar-refractivity contribution in [3.8, 4) is 0 Å². The molecule has 2 saturated heterocycles. The number of pyridine rings is 2. The summed E-state index contributed by atoms with van der Waals surface area (Å²) in [5.74, 6) is -0.276. The van der Waals surface area contributed by atoms with E-state index < -0.39 is 0 Å². The Labute approximate surface area is 176 Å². The van der Waals surface area contributed by atoms with Gasteiger partial charge >= 0.3 is 0 Å². The van der Waals surface area contributed by atoms with Gasteiger partial charge in [0, 0.05) is 57.4 Å². The fourth-order valence-electron chi connectivity index (χ4n) is 3.94. The molecular weight excluding hydrogens is 382 g/mol. The number of carbonyl (C=O) groups excluding carboxylic acids is 2. The lowest BCUT2D eigenvalue weighted by atomic mass is 10.1. The van der Waals surface area contributed by atoms with Crippen molar-refractivity contribution in [2.24, 2.45) is 5.92 Å². The van der Waals surface area contributed by atoms with Crippen LogP contribution in [-0.2, 0) is 20.7 Å². The number of nitrogens with zero attached hydrogens (tertiary/aromatic N) is 5. The largest absolute Gasteiger partial charge is 0.379 e. The summed E-state index contributed by atoms with van der Waals surface area (Å²) in [6.07, 6.45) is 5.54. The molecule has 0 saturated carbocycles. The van der Waals surface area contributed by atoms with Crippen LogP contribution in [0.15, 0.2) is 48.9 Å². The van der Waals surface area contributed by atoms with Crippen LogP contribution in [0.3, 0.4) is 0 Å². The van der Waals surface area contributed by atoms with E-state index in [1.807, 2.05) is 41.4 Å². The van der Waals surface area contributed by atoms with E-state index in [0.29, 0.717) is 39.4 Å². The van der Waals surface area contributed by atoms with Gasteiger partial charge in [-0.2, -0.15) is 0 Å². The Kier molecular flexibility index (Phi) is 6.53. The van der Waals surface area contributed by atoms with E-state index in [1.54, 1.807) is 17.3 Å². The molecule has 0 bridgehead atoms. The van der Waals surface area contributed by atoms with Gasteiger partial charge in [-0.05, 0) is 24.3 Å². The minimum absolute atomic E-state index is 0.0154. The van der Waals surface area contributed by atoms with Crippen LogP contribution in [0.2, 0.25) is 0 Å². The maximum absolute atomic E-state index is 13.1. The summed E-state index contributed by atoms with van der Waals surface area (Å²) < 4.78 is 5.66. The van der Waals surface area contributed by atoms with Crippen molar-refractivity contribution >= 4 is 17.5 Å². The maximum atomic E-state index is 13.1. The van der Waals surface area contributed by atoms with E-state index in [0.717, 1.165) is 24.5 Å². The van der Waals surface area contributed by atoms with Gasteiger partial charge in [-0.15, -0.1) is 0 Å². The summed E-state index contributed by atoms with van der Waals surface area (Å²) >= 11 is 0. The second kappa shape index (κ2) is 9.67. The molecule has 2 amide bonds. The molecule has 8 heteroatoms. The maximum Gasteiger partial charge on any atom is 0.229 e. The third-order valence-electron chi connectivity index (χ3n) is 5.63. The van der Waals surface area contributed by atoms with Crippen LogP contribution in [0.25, 0.3) is 0 Å². The predicted octanol–water partition coefficient (Wildman–Crippen LogP) is 0.843. The number of hydrogen-bond acceptors (Lipinski definition) is 6. The third kappa shape index (κ3) is 4.94. The summed E-state index contributed by atoms with van der Waals surface area (Å²) in [6, 6.07) is 9.51. The summed E-state index contributed by atoms with van der Waals surface area (Å²) in [7, 11) is 0. The second-order valence-corrected chi connectivity index (χ2v) is 7.63. The van der Waals surface area contributed by atoms with Crippen molar-refractivity contribution in [3.63, 3.8) is 0 Å². The average Bonchev–Trinajstić information content (AvgIpc) is 3.07. The molecule has 0 aliphatic carbocycles. The van der Waals surface area contributed by atoms with Crippen molar-refractivity contribution in [2.45, 2.75) is 6.42 Å². The molecule has 2 aromatic heterocycles. The molecular formula is C22H27N5O3. The normalized spacial score (nSPS) is 20.0. The van der Waals surface area contributed by atoms with Gasteiger partial charge in [-0.1, -0.05) is 6.07 Å². The number of aromatic nitrogens is 2. The fraction of sp³-hybridized carbons (Fsp3) is 0.455. The topological polar surface area (TPSA) is 78.9 Å². The third-order valence-corrected chi connectivity index (χ3v) is 5.63.